The molecular formula is C18H16ClN3O3. The number of halogens is 1. The van der Waals surface area contributed by atoms with Crippen LogP contribution in [0.4, 0.5) is 0 Å². The molecule has 0 spiro atoms. The summed E-state index contributed by atoms with van der Waals surface area (Å²) in [6.45, 7) is 1.82. The SMILES string of the molecule is COc1cc(/C=N\NC(=O)c2ccc(C)cc2Cl)ccc1OCC#N. The van der Waals surface area contributed by atoms with E-state index < -0.39 is 5.91 Å². The van der Waals surface area contributed by atoms with Crippen molar-refractivity contribution in [2.45, 2.75) is 6.92 Å². The number of hydrogen-bond donors (Lipinski definition) is 1. The fourth-order valence-corrected chi connectivity index (χ4v) is 2.34. The molecule has 0 aliphatic heterocycles. The number of rotatable bonds is 6. The van der Waals surface area contributed by atoms with E-state index in [9.17, 15) is 4.79 Å². The van der Waals surface area contributed by atoms with E-state index in [1.54, 1.807) is 36.4 Å². The quantitative estimate of drug-likeness (QED) is 0.635. The molecule has 0 radical (unpaired) electrons. The lowest BCUT2D eigenvalue weighted by Gasteiger charge is -2.08. The van der Waals surface area contributed by atoms with Gasteiger partial charge in [0.1, 0.15) is 6.07 Å². The molecule has 1 amide bonds. The number of nitrogens with zero attached hydrogens (tertiary/aromatic N) is 2. The first-order chi connectivity index (χ1) is 12.0. The first kappa shape index (κ1) is 18.3. The molecule has 1 N–H and O–H groups in total. The average Bonchev–Trinajstić information content (AvgIpc) is 2.60. The molecule has 2 aromatic rings. The topological polar surface area (TPSA) is 83.7 Å². The third kappa shape index (κ3) is 4.96. The highest BCUT2D eigenvalue weighted by molar-refractivity contribution is 6.33. The number of ether oxygens (including phenoxy) is 2. The number of methoxy groups -OCH3 is 1. The van der Waals surface area contributed by atoms with Crippen molar-refractivity contribution in [1.29, 1.82) is 5.26 Å². The Morgan fingerprint density at radius 1 is 1.32 bits per heavy atom. The number of carbonyl (C=O) groups excluding carboxylic acids is 1. The van der Waals surface area contributed by atoms with Gasteiger partial charge in [-0.15, -0.1) is 0 Å². The first-order valence-electron chi connectivity index (χ1n) is 7.32. The van der Waals surface area contributed by atoms with Crippen molar-refractivity contribution in [2.75, 3.05) is 13.7 Å². The summed E-state index contributed by atoms with van der Waals surface area (Å²) in [5.41, 5.74) is 4.43. The van der Waals surface area contributed by atoms with Crippen LogP contribution in [-0.2, 0) is 0 Å². The number of benzene rings is 2. The summed E-state index contributed by atoms with van der Waals surface area (Å²) in [5.74, 6) is 0.519. The zero-order valence-electron chi connectivity index (χ0n) is 13.7. The number of hydrogen-bond acceptors (Lipinski definition) is 5. The van der Waals surface area contributed by atoms with Crippen molar-refractivity contribution in [3.05, 3.63) is 58.1 Å². The standard InChI is InChI=1S/C18H16ClN3O3/c1-12-3-5-14(15(19)9-12)18(23)22-21-11-13-4-6-16(25-8-7-20)17(10-13)24-2/h3-6,9-11H,8H2,1-2H3,(H,22,23)/b21-11-. The number of aryl methyl sites for hydroxylation is 1. The Morgan fingerprint density at radius 2 is 2.12 bits per heavy atom. The van der Waals surface area contributed by atoms with Crippen molar-refractivity contribution in [3.63, 3.8) is 0 Å². The molecule has 0 fully saturated rings. The van der Waals surface area contributed by atoms with Gasteiger partial charge in [-0.05, 0) is 48.4 Å². The maximum absolute atomic E-state index is 12.1. The second-order valence-electron chi connectivity index (χ2n) is 5.04. The number of amides is 1. The largest absolute Gasteiger partial charge is 0.493 e. The summed E-state index contributed by atoms with van der Waals surface area (Å²) in [7, 11) is 1.50. The Morgan fingerprint density at radius 3 is 2.80 bits per heavy atom. The maximum Gasteiger partial charge on any atom is 0.272 e. The van der Waals surface area contributed by atoms with Crippen molar-refractivity contribution in [2.24, 2.45) is 5.10 Å². The summed E-state index contributed by atoms with van der Waals surface area (Å²) >= 11 is 6.05. The summed E-state index contributed by atoms with van der Waals surface area (Å²) in [4.78, 5) is 12.1. The summed E-state index contributed by atoms with van der Waals surface area (Å²) in [6.07, 6.45) is 1.47. The number of carbonyl (C=O) groups is 1. The van der Waals surface area contributed by atoms with E-state index in [2.05, 4.69) is 10.5 Å². The van der Waals surface area contributed by atoms with Crippen LogP contribution in [0.1, 0.15) is 21.5 Å². The first-order valence-corrected chi connectivity index (χ1v) is 7.70. The summed E-state index contributed by atoms with van der Waals surface area (Å²) < 4.78 is 10.4. The number of nitrogens with one attached hydrogen (secondary N) is 1. The highest BCUT2D eigenvalue weighted by Gasteiger charge is 2.09. The molecule has 0 bridgehead atoms. The van der Waals surface area contributed by atoms with Crippen LogP contribution in [0.15, 0.2) is 41.5 Å². The molecule has 0 saturated carbocycles. The normalized spacial score (nSPS) is 10.3. The van der Waals surface area contributed by atoms with E-state index in [1.807, 2.05) is 13.0 Å². The molecule has 25 heavy (non-hydrogen) atoms. The van der Waals surface area contributed by atoms with Gasteiger partial charge in [0, 0.05) is 0 Å². The molecule has 0 aliphatic carbocycles. The Kier molecular flexibility index (Phi) is 6.38. The summed E-state index contributed by atoms with van der Waals surface area (Å²) in [6, 6.07) is 12.1. The van der Waals surface area contributed by atoms with E-state index >= 15 is 0 Å². The lowest BCUT2D eigenvalue weighted by Crippen LogP contribution is -2.18. The average molecular weight is 358 g/mol. The minimum Gasteiger partial charge on any atom is -0.493 e. The minimum absolute atomic E-state index is 0.0723. The van der Waals surface area contributed by atoms with Crippen LogP contribution in [0.5, 0.6) is 11.5 Å². The molecule has 2 aromatic carbocycles. The van der Waals surface area contributed by atoms with E-state index in [0.29, 0.717) is 27.6 Å². The molecule has 0 heterocycles. The minimum atomic E-state index is -0.401. The van der Waals surface area contributed by atoms with Gasteiger partial charge in [0.05, 0.1) is 23.9 Å². The highest BCUT2D eigenvalue weighted by Crippen LogP contribution is 2.27. The maximum atomic E-state index is 12.1. The van der Waals surface area contributed by atoms with Gasteiger partial charge in [0.2, 0.25) is 0 Å². The fraction of sp³-hybridized carbons (Fsp3) is 0.167. The lowest BCUT2D eigenvalue weighted by molar-refractivity contribution is 0.0955. The number of nitriles is 1. The van der Waals surface area contributed by atoms with Crippen LogP contribution in [0, 0.1) is 18.3 Å². The predicted molar refractivity (Wildman–Crippen MR) is 95.4 cm³/mol. The van der Waals surface area contributed by atoms with Gasteiger partial charge in [-0.25, -0.2) is 5.43 Å². The molecule has 0 saturated heterocycles. The van der Waals surface area contributed by atoms with Gasteiger partial charge in [-0.3, -0.25) is 4.79 Å². The van der Waals surface area contributed by atoms with Gasteiger partial charge in [0.15, 0.2) is 18.1 Å². The Hall–Kier alpha value is -3.04. The second kappa shape index (κ2) is 8.71. The van der Waals surface area contributed by atoms with Crippen LogP contribution in [0.2, 0.25) is 5.02 Å². The Labute approximate surface area is 150 Å². The highest BCUT2D eigenvalue weighted by atomic mass is 35.5. The van der Waals surface area contributed by atoms with Crippen LogP contribution in [0.3, 0.4) is 0 Å². The van der Waals surface area contributed by atoms with Crippen LogP contribution in [0.25, 0.3) is 0 Å². The molecule has 6 nitrogen and oxygen atoms in total. The van der Waals surface area contributed by atoms with Crippen molar-refractivity contribution in [3.8, 4) is 17.6 Å². The summed E-state index contributed by atoms with van der Waals surface area (Å²) in [5, 5.41) is 12.8. The van der Waals surface area contributed by atoms with Crippen molar-refractivity contribution in [1.82, 2.24) is 5.43 Å². The van der Waals surface area contributed by atoms with Crippen molar-refractivity contribution >= 4 is 23.7 Å². The van der Waals surface area contributed by atoms with E-state index in [4.69, 9.17) is 26.3 Å². The van der Waals surface area contributed by atoms with Crippen LogP contribution < -0.4 is 14.9 Å². The molecule has 7 heteroatoms. The van der Waals surface area contributed by atoms with E-state index in [-0.39, 0.29) is 6.61 Å². The van der Waals surface area contributed by atoms with Gasteiger partial charge < -0.3 is 9.47 Å². The second-order valence-corrected chi connectivity index (χ2v) is 5.45. The van der Waals surface area contributed by atoms with Crippen molar-refractivity contribution < 1.29 is 14.3 Å². The third-order valence-electron chi connectivity index (χ3n) is 3.23. The fourth-order valence-electron chi connectivity index (χ4n) is 2.02. The van der Waals surface area contributed by atoms with Gasteiger partial charge in [-0.2, -0.15) is 10.4 Å². The third-order valence-corrected chi connectivity index (χ3v) is 3.54. The van der Waals surface area contributed by atoms with E-state index in [0.717, 1.165) is 5.56 Å². The zero-order valence-corrected chi connectivity index (χ0v) is 14.5. The van der Waals surface area contributed by atoms with E-state index in [1.165, 1.54) is 13.3 Å². The van der Waals surface area contributed by atoms with Crippen LogP contribution >= 0.6 is 11.6 Å². The molecule has 0 atom stereocenters. The molecule has 2 rings (SSSR count). The smallest absolute Gasteiger partial charge is 0.272 e. The van der Waals surface area contributed by atoms with Gasteiger partial charge in [0.25, 0.3) is 5.91 Å². The predicted octanol–water partition coefficient (Wildman–Crippen LogP) is 3.32. The molecule has 0 aliphatic rings. The Balaban J connectivity index is 2.06. The monoisotopic (exact) mass is 357 g/mol. The molecular weight excluding hydrogens is 342 g/mol. The number of hydrazone groups is 1. The zero-order chi connectivity index (χ0) is 18.2. The van der Waals surface area contributed by atoms with Gasteiger partial charge in [-0.1, -0.05) is 17.7 Å². The Bertz CT molecular complexity index is 844. The lowest BCUT2D eigenvalue weighted by atomic mass is 10.1. The molecule has 0 aromatic heterocycles. The van der Waals surface area contributed by atoms with Crippen LogP contribution in [-0.4, -0.2) is 25.8 Å². The molecule has 0 unspecified atom stereocenters. The molecule has 128 valence electrons. The van der Waals surface area contributed by atoms with Gasteiger partial charge >= 0.3 is 0 Å².